The molecule has 94 valence electrons. The van der Waals surface area contributed by atoms with Gasteiger partial charge in [0.2, 0.25) is 5.88 Å². The molecule has 0 bridgehead atoms. The van der Waals surface area contributed by atoms with Gasteiger partial charge in [-0.15, -0.1) is 0 Å². The Morgan fingerprint density at radius 3 is 2.78 bits per heavy atom. The molecule has 0 unspecified atom stereocenters. The molecule has 0 fully saturated rings. The highest BCUT2D eigenvalue weighted by Crippen LogP contribution is 2.14. The molecule has 0 radical (unpaired) electrons. The summed E-state index contributed by atoms with van der Waals surface area (Å²) in [5.41, 5.74) is 0.668. The third-order valence-corrected chi connectivity index (χ3v) is 2.59. The van der Waals surface area contributed by atoms with E-state index < -0.39 is 0 Å². The summed E-state index contributed by atoms with van der Waals surface area (Å²) in [5, 5.41) is 0. The summed E-state index contributed by atoms with van der Waals surface area (Å²) in [6.45, 7) is 0.396. The van der Waals surface area contributed by atoms with Crippen LogP contribution in [0.25, 0.3) is 0 Å². The molecule has 0 saturated carbocycles. The molecular formula is C13H14N2O3. The first kappa shape index (κ1) is 12.2. The maximum absolute atomic E-state index is 12.0. The predicted molar refractivity (Wildman–Crippen MR) is 67.1 cm³/mol. The van der Waals surface area contributed by atoms with E-state index in [0.29, 0.717) is 18.2 Å². The van der Waals surface area contributed by atoms with Gasteiger partial charge in [-0.1, -0.05) is 6.07 Å². The van der Waals surface area contributed by atoms with E-state index in [-0.39, 0.29) is 5.56 Å². The summed E-state index contributed by atoms with van der Waals surface area (Å²) >= 11 is 0. The quantitative estimate of drug-likeness (QED) is 0.816. The second-order valence-electron chi connectivity index (χ2n) is 3.68. The van der Waals surface area contributed by atoms with Crippen molar-refractivity contribution >= 4 is 0 Å². The van der Waals surface area contributed by atoms with Gasteiger partial charge in [0.15, 0.2) is 5.75 Å². The fraction of sp³-hybridized carbons (Fsp3) is 0.231. The van der Waals surface area contributed by atoms with Crippen LogP contribution in [-0.2, 0) is 6.54 Å². The van der Waals surface area contributed by atoms with Gasteiger partial charge in [-0.2, -0.15) is 0 Å². The number of aromatic nitrogens is 2. The topological polar surface area (TPSA) is 53.4 Å². The number of rotatable bonds is 4. The maximum atomic E-state index is 12.0. The molecule has 0 aliphatic heterocycles. The van der Waals surface area contributed by atoms with Crippen molar-refractivity contribution in [3.05, 3.63) is 52.6 Å². The van der Waals surface area contributed by atoms with E-state index in [4.69, 9.17) is 9.47 Å². The molecule has 0 aliphatic rings. The molecule has 2 aromatic rings. The van der Waals surface area contributed by atoms with E-state index in [1.54, 1.807) is 36.2 Å². The average molecular weight is 246 g/mol. The van der Waals surface area contributed by atoms with Crippen molar-refractivity contribution in [2.75, 3.05) is 14.2 Å². The molecule has 0 spiro atoms. The second kappa shape index (κ2) is 5.35. The minimum atomic E-state index is -0.175. The van der Waals surface area contributed by atoms with Gasteiger partial charge in [0.25, 0.3) is 5.56 Å². The first-order valence-corrected chi connectivity index (χ1v) is 5.47. The first-order chi connectivity index (χ1) is 8.76. The van der Waals surface area contributed by atoms with Crippen LogP contribution in [0.5, 0.6) is 11.6 Å². The highest BCUT2D eigenvalue weighted by Gasteiger charge is 2.07. The molecule has 0 aliphatic carbocycles. The second-order valence-corrected chi connectivity index (χ2v) is 3.68. The monoisotopic (exact) mass is 246 g/mol. The van der Waals surface area contributed by atoms with Gasteiger partial charge < -0.3 is 14.0 Å². The lowest BCUT2D eigenvalue weighted by atomic mass is 10.2. The van der Waals surface area contributed by atoms with Crippen molar-refractivity contribution in [2.24, 2.45) is 0 Å². The van der Waals surface area contributed by atoms with Crippen molar-refractivity contribution in [3.8, 4) is 11.6 Å². The van der Waals surface area contributed by atoms with E-state index >= 15 is 0 Å². The summed E-state index contributed by atoms with van der Waals surface area (Å²) in [6.07, 6.45) is 3.36. The van der Waals surface area contributed by atoms with Crippen molar-refractivity contribution < 1.29 is 9.47 Å². The Labute approximate surface area is 105 Å². The molecule has 0 aromatic carbocycles. The van der Waals surface area contributed by atoms with E-state index in [9.17, 15) is 4.79 Å². The van der Waals surface area contributed by atoms with Crippen molar-refractivity contribution in [1.29, 1.82) is 0 Å². The van der Waals surface area contributed by atoms with E-state index in [1.165, 1.54) is 7.11 Å². The van der Waals surface area contributed by atoms with Crippen molar-refractivity contribution in [3.63, 3.8) is 0 Å². The summed E-state index contributed by atoms with van der Waals surface area (Å²) in [5.74, 6) is 0.840. The van der Waals surface area contributed by atoms with Crippen LogP contribution in [0.4, 0.5) is 0 Å². The van der Waals surface area contributed by atoms with E-state index in [2.05, 4.69) is 4.98 Å². The zero-order valence-corrected chi connectivity index (χ0v) is 10.3. The van der Waals surface area contributed by atoms with Crippen LogP contribution in [0.3, 0.4) is 0 Å². The Morgan fingerprint density at radius 1 is 1.22 bits per heavy atom. The number of hydrogen-bond acceptors (Lipinski definition) is 4. The summed E-state index contributed by atoms with van der Waals surface area (Å²) in [6, 6.07) is 7.09. The number of ether oxygens (including phenoxy) is 2. The van der Waals surface area contributed by atoms with E-state index in [0.717, 1.165) is 5.56 Å². The Morgan fingerprint density at radius 2 is 2.06 bits per heavy atom. The molecule has 0 saturated heterocycles. The fourth-order valence-corrected chi connectivity index (χ4v) is 1.71. The number of hydrogen-bond donors (Lipinski definition) is 0. The number of pyridine rings is 2. The largest absolute Gasteiger partial charge is 0.491 e. The minimum Gasteiger partial charge on any atom is -0.491 e. The SMILES string of the molecule is COc1ncccc1Cn1cccc(OC)c1=O. The molecule has 2 heterocycles. The van der Waals surface area contributed by atoms with Gasteiger partial charge in [0.05, 0.1) is 20.8 Å². The molecular weight excluding hydrogens is 232 g/mol. The molecule has 0 amide bonds. The normalized spacial score (nSPS) is 10.1. The van der Waals surface area contributed by atoms with Crippen molar-refractivity contribution in [1.82, 2.24) is 9.55 Å². The fourth-order valence-electron chi connectivity index (χ4n) is 1.71. The highest BCUT2D eigenvalue weighted by atomic mass is 16.5. The van der Waals surface area contributed by atoms with Crippen LogP contribution < -0.4 is 15.0 Å². The average Bonchev–Trinajstić information content (AvgIpc) is 2.42. The predicted octanol–water partition coefficient (Wildman–Crippen LogP) is 1.31. The maximum Gasteiger partial charge on any atom is 0.293 e. The van der Waals surface area contributed by atoms with Gasteiger partial charge in [0.1, 0.15) is 0 Å². The minimum absolute atomic E-state index is 0.175. The van der Waals surface area contributed by atoms with Crippen LogP contribution >= 0.6 is 0 Å². The molecule has 0 N–H and O–H groups in total. The smallest absolute Gasteiger partial charge is 0.293 e. The number of methoxy groups -OCH3 is 2. The van der Waals surface area contributed by atoms with Crippen molar-refractivity contribution in [2.45, 2.75) is 6.54 Å². The highest BCUT2D eigenvalue weighted by molar-refractivity contribution is 5.26. The lowest BCUT2D eigenvalue weighted by Crippen LogP contribution is -2.21. The zero-order chi connectivity index (χ0) is 13.0. The van der Waals surface area contributed by atoms with Gasteiger partial charge >= 0.3 is 0 Å². The summed E-state index contributed by atoms with van der Waals surface area (Å²) in [4.78, 5) is 16.1. The van der Waals surface area contributed by atoms with Gasteiger partial charge in [0, 0.05) is 18.0 Å². The Balaban J connectivity index is 2.37. The Kier molecular flexibility index (Phi) is 3.62. The third kappa shape index (κ3) is 2.34. The summed E-state index contributed by atoms with van der Waals surface area (Å²) < 4.78 is 11.7. The molecule has 0 atom stereocenters. The van der Waals surface area contributed by atoms with Crippen LogP contribution in [0.2, 0.25) is 0 Å². The standard InChI is InChI=1S/C13H14N2O3/c1-17-11-6-4-8-15(13(11)16)9-10-5-3-7-14-12(10)18-2/h3-8H,9H2,1-2H3. The summed E-state index contributed by atoms with van der Waals surface area (Å²) in [7, 11) is 3.03. The van der Waals surface area contributed by atoms with Crippen LogP contribution in [-0.4, -0.2) is 23.8 Å². The number of nitrogens with zero attached hydrogens (tertiary/aromatic N) is 2. The van der Waals surface area contributed by atoms with Gasteiger partial charge in [-0.25, -0.2) is 4.98 Å². The Hall–Kier alpha value is -2.30. The van der Waals surface area contributed by atoms with Gasteiger partial charge in [-0.05, 0) is 18.2 Å². The zero-order valence-electron chi connectivity index (χ0n) is 10.3. The third-order valence-electron chi connectivity index (χ3n) is 2.59. The van der Waals surface area contributed by atoms with Crippen LogP contribution in [0.15, 0.2) is 41.5 Å². The lowest BCUT2D eigenvalue weighted by molar-refractivity contribution is 0.388. The van der Waals surface area contributed by atoms with Crippen LogP contribution in [0, 0.1) is 0 Å². The lowest BCUT2D eigenvalue weighted by Gasteiger charge is -2.09. The molecule has 5 nitrogen and oxygen atoms in total. The van der Waals surface area contributed by atoms with E-state index in [1.807, 2.05) is 12.1 Å². The Bertz CT molecular complexity index is 593. The first-order valence-electron chi connectivity index (χ1n) is 5.47. The molecule has 5 heteroatoms. The van der Waals surface area contributed by atoms with Gasteiger partial charge in [-0.3, -0.25) is 4.79 Å². The van der Waals surface area contributed by atoms with Crippen LogP contribution in [0.1, 0.15) is 5.56 Å². The molecule has 2 rings (SSSR count). The molecule has 18 heavy (non-hydrogen) atoms. The molecule has 2 aromatic heterocycles.